The van der Waals surface area contributed by atoms with Gasteiger partial charge >= 0.3 is 0 Å². The number of benzene rings is 1. The number of rotatable bonds is 4. The molecule has 3 N–H and O–H groups in total. The Labute approximate surface area is 184 Å². The fourth-order valence-corrected chi connectivity index (χ4v) is 3.29. The van der Waals surface area contributed by atoms with Crippen molar-refractivity contribution in [2.75, 3.05) is 13.2 Å². The molecular weight excluding hydrogens is 458 g/mol. The Balaban J connectivity index is 0.00000114. The number of amidine groups is 1. The van der Waals surface area contributed by atoms with Crippen LogP contribution in [0.5, 0.6) is 0 Å². The molecule has 1 aromatic heterocycles. The summed E-state index contributed by atoms with van der Waals surface area (Å²) in [5.41, 5.74) is 2.89. The normalized spacial score (nSPS) is 19.8. The van der Waals surface area contributed by atoms with Crippen molar-refractivity contribution in [1.82, 2.24) is 4.98 Å². The Morgan fingerprint density at radius 1 is 1.34 bits per heavy atom. The van der Waals surface area contributed by atoms with E-state index in [0.29, 0.717) is 0 Å². The van der Waals surface area contributed by atoms with E-state index < -0.39 is 41.0 Å². The van der Waals surface area contributed by atoms with E-state index in [1.54, 1.807) is 0 Å². The zero-order chi connectivity index (χ0) is 24.1. The number of aliphatic imine (C=N–C) groups is 1. The van der Waals surface area contributed by atoms with E-state index in [4.69, 9.17) is 32.0 Å². The molecule has 2 aromatic rings. The summed E-state index contributed by atoms with van der Waals surface area (Å²) in [7, 11) is 0. The maximum absolute atomic E-state index is 14.7. The number of aromatic nitrogens is 1. The van der Waals surface area contributed by atoms with Crippen LogP contribution in [-0.4, -0.2) is 47.3 Å². The first-order valence-corrected chi connectivity index (χ1v) is 9.33. The number of carboxylic acid groups (broad SMARTS) is 1. The van der Waals surface area contributed by atoms with E-state index in [2.05, 4.69) is 9.98 Å². The zero-order valence-electron chi connectivity index (χ0n) is 16.6. The molecule has 1 aliphatic heterocycles. The Kier molecular flexibility index (Phi) is 7.92. The third-order valence-corrected chi connectivity index (χ3v) is 4.89. The minimum Gasteiger partial charge on any atom is -0.483 e. The summed E-state index contributed by atoms with van der Waals surface area (Å²) in [6.45, 7) is -0.498. The maximum Gasteiger partial charge on any atom is 0.299 e. The molecule has 0 saturated carbocycles. The van der Waals surface area contributed by atoms with Gasteiger partial charge in [-0.05, 0) is 30.7 Å². The van der Waals surface area contributed by atoms with Crippen LogP contribution in [0.15, 0.2) is 35.5 Å². The van der Waals surface area contributed by atoms with E-state index in [9.17, 15) is 22.4 Å². The highest BCUT2D eigenvalue weighted by Gasteiger charge is 2.54. The molecule has 12 heteroatoms. The predicted octanol–water partition coefficient (Wildman–Crippen LogP) is 3.38. The van der Waals surface area contributed by atoms with Crippen LogP contribution in [0.2, 0.25) is 5.02 Å². The highest BCUT2D eigenvalue weighted by molar-refractivity contribution is 6.33. The lowest BCUT2D eigenvalue weighted by Crippen LogP contribution is -2.45. The second kappa shape index (κ2) is 10.0. The summed E-state index contributed by atoms with van der Waals surface area (Å²) in [6, 6.07) is 4.30. The lowest BCUT2D eigenvalue weighted by atomic mass is 9.84. The Bertz CT molecular complexity index is 1050. The summed E-state index contributed by atoms with van der Waals surface area (Å²) in [4.78, 5) is 28.3. The van der Waals surface area contributed by atoms with Gasteiger partial charge in [0.05, 0.1) is 11.2 Å². The van der Waals surface area contributed by atoms with Gasteiger partial charge in [0.25, 0.3) is 12.4 Å². The van der Waals surface area contributed by atoms with Crippen LogP contribution >= 0.6 is 11.6 Å². The topological polar surface area (TPSA) is 115 Å². The quantitative estimate of drug-likeness (QED) is 0.398. The molecule has 172 valence electrons. The Morgan fingerprint density at radius 2 is 2.00 bits per heavy atom. The number of alkyl halides is 2. The van der Waals surface area contributed by atoms with Crippen molar-refractivity contribution < 1.29 is 37.0 Å². The zero-order valence-corrected chi connectivity index (χ0v) is 17.4. The largest absolute Gasteiger partial charge is 0.483 e. The van der Waals surface area contributed by atoms with Gasteiger partial charge in [0, 0.05) is 12.0 Å². The highest BCUT2D eigenvalue weighted by atomic mass is 35.5. The summed E-state index contributed by atoms with van der Waals surface area (Å²) in [5.74, 6) is -5.99. The number of nitrogens with zero attached hydrogens (tertiary/aromatic N) is 2. The molecule has 0 aliphatic carbocycles. The van der Waals surface area contributed by atoms with Crippen LogP contribution in [0, 0.1) is 11.6 Å². The van der Waals surface area contributed by atoms with E-state index in [1.165, 1.54) is 6.07 Å². The number of carbonyl (C=O) groups is 2. The summed E-state index contributed by atoms with van der Waals surface area (Å²) in [6.07, 6.45) is 0.517. The van der Waals surface area contributed by atoms with Crippen LogP contribution in [0.3, 0.4) is 0 Å². The van der Waals surface area contributed by atoms with Crippen molar-refractivity contribution in [3.8, 4) is 0 Å². The summed E-state index contributed by atoms with van der Waals surface area (Å²) < 4.78 is 61.9. The molecule has 7 nitrogen and oxygen atoms in total. The lowest BCUT2D eigenvalue weighted by molar-refractivity contribution is -0.122. The van der Waals surface area contributed by atoms with Gasteiger partial charge in [0.2, 0.25) is 0 Å². The number of halogens is 5. The second-order valence-electron chi connectivity index (χ2n) is 6.88. The molecular formula is C20H18ClF4N3O4. The van der Waals surface area contributed by atoms with Crippen LogP contribution in [0.4, 0.5) is 17.6 Å². The summed E-state index contributed by atoms with van der Waals surface area (Å²) >= 11 is 5.83. The standard InChI is InChI=1S/C19H16ClF4N3O2.CH2O2/c1-18(19(23,24)9-29-8-16(25)27-18)12-4-10(2-3-14(12)22)5-15(28)17-13(20)6-11(21)7-26-17;2-1-3/h2-4,6-7H,5,8-9H2,1H3,(H2,25,27);1H,(H,2,3)/t18-;/m1./s1. The van der Waals surface area contributed by atoms with E-state index in [-0.39, 0.29) is 41.6 Å². The number of hydrogen-bond donors (Lipinski definition) is 2. The summed E-state index contributed by atoms with van der Waals surface area (Å²) in [5, 5.41) is 6.70. The number of ether oxygens (including phenoxy) is 1. The molecule has 0 saturated heterocycles. The maximum atomic E-state index is 14.7. The Morgan fingerprint density at radius 3 is 2.62 bits per heavy atom. The molecule has 2 heterocycles. The van der Waals surface area contributed by atoms with Gasteiger partial charge in [-0.25, -0.2) is 22.5 Å². The fourth-order valence-electron chi connectivity index (χ4n) is 3.03. The number of pyridine rings is 1. The number of hydrogen-bond acceptors (Lipinski definition) is 6. The van der Waals surface area contributed by atoms with Gasteiger partial charge < -0.3 is 15.6 Å². The van der Waals surface area contributed by atoms with Gasteiger partial charge in [-0.2, -0.15) is 0 Å². The van der Waals surface area contributed by atoms with Crippen LogP contribution in [-0.2, 0) is 21.5 Å². The number of ketones is 1. The third-order valence-electron chi connectivity index (χ3n) is 4.60. The number of Topliss-reactive ketones (excluding diaryl/α,β-unsaturated/α-hetero) is 1. The minimum atomic E-state index is -3.56. The van der Waals surface area contributed by atoms with E-state index in [0.717, 1.165) is 31.3 Å². The fraction of sp³-hybridized carbons (Fsp3) is 0.300. The van der Waals surface area contributed by atoms with Gasteiger partial charge in [0.15, 0.2) is 11.3 Å². The van der Waals surface area contributed by atoms with Gasteiger partial charge in [0.1, 0.15) is 36.4 Å². The van der Waals surface area contributed by atoms with Gasteiger partial charge in [-0.15, -0.1) is 0 Å². The number of carbonyl (C=O) groups excluding carboxylic acids is 1. The average Bonchev–Trinajstić information content (AvgIpc) is 2.79. The number of nitrogens with two attached hydrogens (primary N) is 1. The SMILES string of the molecule is C[C@]1(c2cc(CC(=O)c3ncc(F)cc3Cl)ccc2F)N=C(N)COCC1(F)F.O=CO. The van der Waals surface area contributed by atoms with Crippen molar-refractivity contribution in [3.63, 3.8) is 0 Å². The first-order chi connectivity index (χ1) is 14.9. The monoisotopic (exact) mass is 475 g/mol. The van der Waals surface area contributed by atoms with Crippen molar-refractivity contribution >= 4 is 29.7 Å². The van der Waals surface area contributed by atoms with Crippen LogP contribution in [0.1, 0.15) is 28.5 Å². The average molecular weight is 476 g/mol. The third kappa shape index (κ3) is 5.40. The molecule has 1 aliphatic rings. The van der Waals surface area contributed by atoms with E-state index in [1.807, 2.05) is 0 Å². The van der Waals surface area contributed by atoms with E-state index >= 15 is 0 Å². The van der Waals surface area contributed by atoms with Crippen LogP contribution < -0.4 is 5.73 Å². The first-order valence-electron chi connectivity index (χ1n) is 8.96. The molecule has 1 atom stereocenters. The van der Waals surface area contributed by atoms with Crippen molar-refractivity contribution in [1.29, 1.82) is 0 Å². The van der Waals surface area contributed by atoms with Crippen LogP contribution in [0.25, 0.3) is 0 Å². The molecule has 0 unspecified atom stereocenters. The molecule has 0 spiro atoms. The van der Waals surface area contributed by atoms with Crippen molar-refractivity contribution in [3.05, 3.63) is 63.9 Å². The highest BCUT2D eigenvalue weighted by Crippen LogP contribution is 2.43. The lowest BCUT2D eigenvalue weighted by Gasteiger charge is -2.33. The second-order valence-corrected chi connectivity index (χ2v) is 7.28. The van der Waals surface area contributed by atoms with Crippen molar-refractivity contribution in [2.24, 2.45) is 10.7 Å². The Hall–Kier alpha value is -3.05. The smallest absolute Gasteiger partial charge is 0.299 e. The van der Waals surface area contributed by atoms with Gasteiger partial charge in [-0.1, -0.05) is 17.7 Å². The minimum absolute atomic E-state index is 0.180. The predicted molar refractivity (Wildman–Crippen MR) is 107 cm³/mol. The first kappa shape index (κ1) is 25.2. The molecule has 3 rings (SSSR count). The molecule has 0 bridgehead atoms. The molecule has 1 aromatic carbocycles. The molecule has 0 amide bonds. The molecule has 0 fully saturated rings. The van der Waals surface area contributed by atoms with Gasteiger partial charge in [-0.3, -0.25) is 14.6 Å². The molecule has 32 heavy (non-hydrogen) atoms. The molecule has 0 radical (unpaired) electrons. The van der Waals surface area contributed by atoms with Crippen molar-refractivity contribution in [2.45, 2.75) is 24.8 Å².